The maximum Gasteiger partial charge on any atom is 0.416 e. The SMILES string of the molecule is C[C@@H]1ON(C(C)(C)C)[C@@H](c2ccccc2)[C@H]1C(=O)N1CCOC1=O. The van der Waals surface area contributed by atoms with Crippen molar-refractivity contribution in [2.24, 2.45) is 5.92 Å². The van der Waals surface area contributed by atoms with Crippen LogP contribution in [0.3, 0.4) is 0 Å². The summed E-state index contributed by atoms with van der Waals surface area (Å²) in [6.07, 6.45) is -0.886. The molecule has 0 aromatic heterocycles. The van der Waals surface area contributed by atoms with Crippen LogP contribution in [0.5, 0.6) is 0 Å². The van der Waals surface area contributed by atoms with E-state index in [2.05, 4.69) is 0 Å². The zero-order valence-corrected chi connectivity index (χ0v) is 14.6. The number of benzene rings is 1. The van der Waals surface area contributed by atoms with Crippen LogP contribution in [0.15, 0.2) is 30.3 Å². The van der Waals surface area contributed by atoms with Crippen LogP contribution in [-0.2, 0) is 14.4 Å². The van der Waals surface area contributed by atoms with E-state index < -0.39 is 12.0 Å². The van der Waals surface area contributed by atoms with Gasteiger partial charge < -0.3 is 4.74 Å². The van der Waals surface area contributed by atoms with Gasteiger partial charge in [0.2, 0.25) is 5.91 Å². The zero-order chi connectivity index (χ0) is 17.5. The quantitative estimate of drug-likeness (QED) is 0.833. The summed E-state index contributed by atoms with van der Waals surface area (Å²) in [4.78, 5) is 32.1. The summed E-state index contributed by atoms with van der Waals surface area (Å²) in [5.41, 5.74) is 0.720. The van der Waals surface area contributed by atoms with E-state index in [1.54, 1.807) is 0 Å². The van der Waals surface area contributed by atoms with Crippen molar-refractivity contribution in [1.82, 2.24) is 9.96 Å². The number of cyclic esters (lactones) is 1. The molecule has 0 saturated carbocycles. The highest BCUT2D eigenvalue weighted by molar-refractivity contribution is 5.95. The van der Waals surface area contributed by atoms with Crippen molar-refractivity contribution in [1.29, 1.82) is 0 Å². The summed E-state index contributed by atoms with van der Waals surface area (Å²) < 4.78 is 4.93. The number of imide groups is 1. The van der Waals surface area contributed by atoms with E-state index in [4.69, 9.17) is 9.57 Å². The number of carbonyl (C=O) groups is 2. The van der Waals surface area contributed by atoms with E-state index in [1.807, 2.05) is 63.1 Å². The Kier molecular flexibility index (Phi) is 4.36. The van der Waals surface area contributed by atoms with Crippen molar-refractivity contribution in [3.05, 3.63) is 35.9 Å². The second kappa shape index (κ2) is 6.18. The standard InChI is InChI=1S/C18H24N2O4/c1-12-14(16(21)19-10-11-23-17(19)22)15(13-8-6-5-7-9-13)20(24-12)18(2,3)4/h5-9,12,14-15H,10-11H2,1-4H3/t12-,14-,15-/m0/s1. The van der Waals surface area contributed by atoms with E-state index in [0.717, 1.165) is 5.56 Å². The predicted octanol–water partition coefficient (Wildman–Crippen LogP) is 2.76. The maximum atomic E-state index is 13.0. The zero-order valence-electron chi connectivity index (χ0n) is 14.6. The minimum absolute atomic E-state index is 0.231. The van der Waals surface area contributed by atoms with Crippen LogP contribution >= 0.6 is 0 Å². The van der Waals surface area contributed by atoms with Gasteiger partial charge in [0.15, 0.2) is 0 Å². The normalized spacial score (nSPS) is 28.2. The molecule has 2 aliphatic rings. The first-order valence-electron chi connectivity index (χ1n) is 8.30. The Hall–Kier alpha value is -1.92. The number of nitrogens with zero attached hydrogens (tertiary/aromatic N) is 2. The Morgan fingerprint density at radius 3 is 2.42 bits per heavy atom. The number of ether oxygens (including phenoxy) is 1. The molecule has 24 heavy (non-hydrogen) atoms. The molecule has 3 atom stereocenters. The molecule has 2 saturated heterocycles. The third-order valence-corrected chi connectivity index (χ3v) is 4.49. The highest BCUT2D eigenvalue weighted by atomic mass is 16.7. The fraction of sp³-hybridized carbons (Fsp3) is 0.556. The molecule has 0 bridgehead atoms. The molecule has 2 amide bonds. The Bertz CT molecular complexity index is 626. The summed E-state index contributed by atoms with van der Waals surface area (Å²) in [7, 11) is 0. The van der Waals surface area contributed by atoms with Crippen LogP contribution in [0.4, 0.5) is 4.79 Å². The summed E-state index contributed by atoms with van der Waals surface area (Å²) in [6, 6.07) is 9.58. The monoisotopic (exact) mass is 332 g/mol. The van der Waals surface area contributed by atoms with Gasteiger partial charge in [-0.05, 0) is 33.3 Å². The highest BCUT2D eigenvalue weighted by Gasteiger charge is 2.52. The molecule has 2 fully saturated rings. The third kappa shape index (κ3) is 2.91. The second-order valence-electron chi connectivity index (χ2n) is 7.29. The fourth-order valence-corrected chi connectivity index (χ4v) is 3.39. The Morgan fingerprint density at radius 1 is 1.21 bits per heavy atom. The topological polar surface area (TPSA) is 59.1 Å². The van der Waals surface area contributed by atoms with Crippen molar-refractivity contribution in [2.45, 2.75) is 45.4 Å². The molecule has 1 aromatic rings. The minimum Gasteiger partial charge on any atom is -0.447 e. The van der Waals surface area contributed by atoms with Crippen molar-refractivity contribution in [3.8, 4) is 0 Å². The predicted molar refractivity (Wildman–Crippen MR) is 87.9 cm³/mol. The molecule has 0 radical (unpaired) electrons. The van der Waals surface area contributed by atoms with E-state index in [9.17, 15) is 9.59 Å². The van der Waals surface area contributed by atoms with Crippen LogP contribution in [0.25, 0.3) is 0 Å². The number of amides is 2. The van der Waals surface area contributed by atoms with Gasteiger partial charge >= 0.3 is 6.09 Å². The van der Waals surface area contributed by atoms with Crippen molar-refractivity contribution < 1.29 is 19.2 Å². The van der Waals surface area contributed by atoms with Crippen molar-refractivity contribution in [2.75, 3.05) is 13.2 Å². The van der Waals surface area contributed by atoms with Crippen molar-refractivity contribution >= 4 is 12.0 Å². The molecule has 6 nitrogen and oxygen atoms in total. The first-order valence-corrected chi connectivity index (χ1v) is 8.30. The minimum atomic E-state index is -0.562. The van der Waals surface area contributed by atoms with Crippen LogP contribution < -0.4 is 0 Å². The largest absolute Gasteiger partial charge is 0.447 e. The molecule has 2 aliphatic heterocycles. The Balaban J connectivity index is 1.99. The van der Waals surface area contributed by atoms with E-state index in [-0.39, 0.29) is 30.2 Å². The van der Waals surface area contributed by atoms with E-state index in [0.29, 0.717) is 6.54 Å². The Labute approximate surface area is 142 Å². The average molecular weight is 332 g/mol. The van der Waals surface area contributed by atoms with Crippen LogP contribution in [-0.4, -0.2) is 46.8 Å². The van der Waals surface area contributed by atoms with E-state index in [1.165, 1.54) is 4.90 Å². The third-order valence-electron chi connectivity index (χ3n) is 4.49. The molecular weight excluding hydrogens is 308 g/mol. The van der Waals surface area contributed by atoms with E-state index >= 15 is 0 Å². The van der Waals surface area contributed by atoms with Gasteiger partial charge in [0.05, 0.1) is 24.6 Å². The Morgan fingerprint density at radius 2 is 1.88 bits per heavy atom. The molecule has 130 valence electrons. The second-order valence-corrected chi connectivity index (χ2v) is 7.29. The lowest BCUT2D eigenvalue weighted by Crippen LogP contribution is -2.44. The molecule has 1 aromatic carbocycles. The van der Waals surface area contributed by atoms with Crippen LogP contribution in [0.2, 0.25) is 0 Å². The number of rotatable bonds is 2. The summed E-state index contributed by atoms with van der Waals surface area (Å²) >= 11 is 0. The van der Waals surface area contributed by atoms with Gasteiger partial charge in [0, 0.05) is 5.54 Å². The summed E-state index contributed by atoms with van der Waals surface area (Å²) in [6.45, 7) is 8.58. The number of carbonyl (C=O) groups excluding carboxylic acids is 2. The van der Waals surface area contributed by atoms with Gasteiger partial charge in [-0.2, -0.15) is 5.06 Å². The molecular formula is C18H24N2O4. The highest BCUT2D eigenvalue weighted by Crippen LogP contribution is 2.44. The fourth-order valence-electron chi connectivity index (χ4n) is 3.39. The first-order chi connectivity index (χ1) is 11.3. The number of hydrogen-bond donors (Lipinski definition) is 0. The summed E-state index contributed by atoms with van der Waals surface area (Å²) in [5, 5.41) is 1.89. The average Bonchev–Trinajstić information content (AvgIpc) is 3.10. The number of hydrogen-bond acceptors (Lipinski definition) is 5. The van der Waals surface area contributed by atoms with Gasteiger partial charge in [-0.15, -0.1) is 0 Å². The molecule has 6 heteroatoms. The number of hydroxylamine groups is 2. The van der Waals surface area contributed by atoms with Gasteiger partial charge in [-0.1, -0.05) is 30.3 Å². The molecule has 2 heterocycles. The molecule has 0 spiro atoms. The molecule has 3 rings (SSSR count). The van der Waals surface area contributed by atoms with Gasteiger partial charge in [-0.25, -0.2) is 9.69 Å². The van der Waals surface area contributed by atoms with Gasteiger partial charge in [0.25, 0.3) is 0 Å². The molecule has 0 N–H and O–H groups in total. The molecule has 0 aliphatic carbocycles. The van der Waals surface area contributed by atoms with Crippen LogP contribution in [0, 0.1) is 5.92 Å². The molecule has 0 unspecified atom stereocenters. The maximum absolute atomic E-state index is 13.0. The van der Waals surface area contributed by atoms with Gasteiger partial charge in [-0.3, -0.25) is 9.63 Å². The smallest absolute Gasteiger partial charge is 0.416 e. The lowest BCUT2D eigenvalue weighted by molar-refractivity contribution is -0.209. The first kappa shape index (κ1) is 16.9. The lowest BCUT2D eigenvalue weighted by atomic mass is 9.87. The van der Waals surface area contributed by atoms with Crippen LogP contribution in [0.1, 0.15) is 39.3 Å². The summed E-state index contributed by atoms with van der Waals surface area (Å²) in [5.74, 6) is -0.692. The van der Waals surface area contributed by atoms with Gasteiger partial charge in [0.1, 0.15) is 6.61 Å². The van der Waals surface area contributed by atoms with Crippen molar-refractivity contribution in [3.63, 3.8) is 0 Å². The lowest BCUT2D eigenvalue weighted by Gasteiger charge is -2.36.